The molecule has 0 aliphatic carbocycles. The van der Waals surface area contributed by atoms with Gasteiger partial charge in [0.15, 0.2) is 0 Å². The number of hydrogen-bond acceptors (Lipinski definition) is 4. The summed E-state index contributed by atoms with van der Waals surface area (Å²) in [6.45, 7) is 0.322. The second-order valence-corrected chi connectivity index (χ2v) is 4.55. The summed E-state index contributed by atoms with van der Waals surface area (Å²) >= 11 is 5.55. The molecule has 0 unspecified atom stereocenters. The molecule has 0 fully saturated rings. The van der Waals surface area contributed by atoms with Crippen LogP contribution in [0.25, 0.3) is 0 Å². The standard InChI is InChI=1S/C13H17ClN2O4/c14-8-3-1-2-4-9-20-13(17)15-11-6-5-7-12(10-11)16(18)19/h5-7,10H,1-4,8-9H2,(H,15,17). The van der Waals surface area contributed by atoms with Crippen LogP contribution in [0.4, 0.5) is 16.2 Å². The predicted molar refractivity (Wildman–Crippen MR) is 77.3 cm³/mol. The maximum absolute atomic E-state index is 11.5. The number of amides is 1. The molecule has 0 aromatic heterocycles. The van der Waals surface area contributed by atoms with Crippen LogP contribution in [0.5, 0.6) is 0 Å². The average molecular weight is 301 g/mol. The van der Waals surface area contributed by atoms with E-state index >= 15 is 0 Å². The molecule has 1 aromatic carbocycles. The van der Waals surface area contributed by atoms with E-state index in [9.17, 15) is 14.9 Å². The molecular formula is C13H17ClN2O4. The zero-order valence-electron chi connectivity index (χ0n) is 11.0. The van der Waals surface area contributed by atoms with Crippen molar-refractivity contribution in [2.75, 3.05) is 17.8 Å². The number of carbonyl (C=O) groups is 1. The summed E-state index contributed by atoms with van der Waals surface area (Å²) in [5.41, 5.74) is 0.259. The molecular weight excluding hydrogens is 284 g/mol. The number of rotatable bonds is 8. The molecule has 0 radical (unpaired) electrons. The van der Waals surface area contributed by atoms with E-state index in [0.29, 0.717) is 18.2 Å². The summed E-state index contributed by atoms with van der Waals surface area (Å²) in [4.78, 5) is 21.5. The molecule has 0 aliphatic heterocycles. The fourth-order valence-electron chi connectivity index (χ4n) is 1.57. The van der Waals surface area contributed by atoms with Crippen LogP contribution in [0.1, 0.15) is 25.7 Å². The van der Waals surface area contributed by atoms with Crippen molar-refractivity contribution in [2.24, 2.45) is 0 Å². The maximum atomic E-state index is 11.5. The van der Waals surface area contributed by atoms with Gasteiger partial charge in [-0.1, -0.05) is 18.9 Å². The van der Waals surface area contributed by atoms with Gasteiger partial charge in [0.1, 0.15) is 0 Å². The van der Waals surface area contributed by atoms with Gasteiger partial charge in [0.25, 0.3) is 5.69 Å². The van der Waals surface area contributed by atoms with Gasteiger partial charge in [-0.05, 0) is 18.9 Å². The SMILES string of the molecule is O=C(Nc1cccc([N+](=O)[O-])c1)OCCCCCCCl. The minimum absolute atomic E-state index is 0.0797. The lowest BCUT2D eigenvalue weighted by Gasteiger charge is -2.06. The van der Waals surface area contributed by atoms with Gasteiger partial charge in [0, 0.05) is 18.0 Å². The van der Waals surface area contributed by atoms with Crippen LogP contribution in [-0.4, -0.2) is 23.5 Å². The Morgan fingerprint density at radius 3 is 2.75 bits per heavy atom. The molecule has 0 bridgehead atoms. The Kier molecular flexibility index (Phi) is 7.42. The summed E-state index contributed by atoms with van der Waals surface area (Å²) in [6, 6.07) is 5.70. The van der Waals surface area contributed by atoms with Gasteiger partial charge in [0.2, 0.25) is 0 Å². The van der Waals surface area contributed by atoms with Crippen LogP contribution in [0.3, 0.4) is 0 Å². The Morgan fingerprint density at radius 1 is 1.30 bits per heavy atom. The van der Waals surface area contributed by atoms with Crippen molar-refractivity contribution in [3.05, 3.63) is 34.4 Å². The molecule has 0 heterocycles. The molecule has 0 saturated heterocycles. The first-order valence-electron chi connectivity index (χ1n) is 6.37. The summed E-state index contributed by atoms with van der Waals surface area (Å²) in [5, 5.41) is 13.0. The highest BCUT2D eigenvalue weighted by Gasteiger charge is 2.08. The van der Waals surface area contributed by atoms with E-state index in [0.717, 1.165) is 25.7 Å². The lowest BCUT2D eigenvalue weighted by molar-refractivity contribution is -0.384. The van der Waals surface area contributed by atoms with Gasteiger partial charge >= 0.3 is 6.09 Å². The number of nitrogens with zero attached hydrogens (tertiary/aromatic N) is 1. The van der Waals surface area contributed by atoms with Gasteiger partial charge in [-0.3, -0.25) is 15.4 Å². The van der Waals surface area contributed by atoms with Gasteiger partial charge < -0.3 is 4.74 Å². The van der Waals surface area contributed by atoms with Gasteiger partial charge in [0.05, 0.1) is 17.2 Å². The summed E-state index contributed by atoms with van der Waals surface area (Å²) in [7, 11) is 0. The van der Waals surface area contributed by atoms with Gasteiger partial charge in [-0.25, -0.2) is 4.79 Å². The van der Waals surface area contributed by atoms with Crippen LogP contribution in [0.2, 0.25) is 0 Å². The topological polar surface area (TPSA) is 81.5 Å². The number of nitrogens with one attached hydrogen (secondary N) is 1. The quantitative estimate of drug-likeness (QED) is 0.341. The van der Waals surface area contributed by atoms with Crippen LogP contribution in [0, 0.1) is 10.1 Å². The number of nitro groups is 1. The molecule has 6 nitrogen and oxygen atoms in total. The number of unbranched alkanes of at least 4 members (excludes halogenated alkanes) is 3. The van der Waals surface area contributed by atoms with Gasteiger partial charge in [-0.2, -0.15) is 0 Å². The molecule has 1 rings (SSSR count). The predicted octanol–water partition coefficient (Wildman–Crippen LogP) is 3.94. The van der Waals surface area contributed by atoms with E-state index in [-0.39, 0.29) is 5.69 Å². The van der Waals surface area contributed by atoms with Gasteiger partial charge in [-0.15, -0.1) is 11.6 Å². The van der Waals surface area contributed by atoms with Crippen molar-refractivity contribution < 1.29 is 14.5 Å². The van der Waals surface area contributed by atoms with Crippen molar-refractivity contribution >= 4 is 29.1 Å². The molecule has 20 heavy (non-hydrogen) atoms. The zero-order valence-corrected chi connectivity index (χ0v) is 11.8. The number of halogens is 1. The molecule has 0 saturated carbocycles. The van der Waals surface area contributed by atoms with Crippen LogP contribution in [-0.2, 0) is 4.74 Å². The van der Waals surface area contributed by atoms with E-state index in [4.69, 9.17) is 16.3 Å². The van der Waals surface area contributed by atoms with E-state index < -0.39 is 11.0 Å². The summed E-state index contributed by atoms with van der Waals surface area (Å²) in [5.74, 6) is 0.647. The lowest BCUT2D eigenvalue weighted by Crippen LogP contribution is -2.14. The zero-order chi connectivity index (χ0) is 14.8. The van der Waals surface area contributed by atoms with E-state index in [1.54, 1.807) is 6.07 Å². The number of hydrogen-bond donors (Lipinski definition) is 1. The summed E-state index contributed by atoms with van der Waals surface area (Å²) in [6.07, 6.45) is 3.10. The first-order chi connectivity index (χ1) is 9.63. The highest BCUT2D eigenvalue weighted by molar-refractivity contribution is 6.17. The number of non-ortho nitro benzene ring substituents is 1. The highest BCUT2D eigenvalue weighted by Crippen LogP contribution is 2.17. The first-order valence-corrected chi connectivity index (χ1v) is 6.91. The molecule has 1 N–H and O–H groups in total. The smallest absolute Gasteiger partial charge is 0.411 e. The number of carbonyl (C=O) groups excluding carboxylic acids is 1. The minimum atomic E-state index is -0.608. The number of benzene rings is 1. The first kappa shape index (κ1) is 16.2. The third-order valence-corrected chi connectivity index (χ3v) is 2.83. The second-order valence-electron chi connectivity index (χ2n) is 4.17. The Bertz CT molecular complexity index is 454. The van der Waals surface area contributed by atoms with Crippen LogP contribution < -0.4 is 5.32 Å². The maximum Gasteiger partial charge on any atom is 0.411 e. The molecule has 0 aliphatic rings. The fraction of sp³-hybridized carbons (Fsp3) is 0.462. The molecule has 1 amide bonds. The molecule has 0 spiro atoms. The number of nitro benzene ring substituents is 1. The molecule has 1 aromatic rings. The molecule has 7 heteroatoms. The minimum Gasteiger partial charge on any atom is -0.449 e. The number of alkyl halides is 1. The number of ether oxygens (including phenoxy) is 1. The Labute approximate surface area is 122 Å². The van der Waals surface area contributed by atoms with Crippen LogP contribution >= 0.6 is 11.6 Å². The van der Waals surface area contributed by atoms with Crippen molar-refractivity contribution in [2.45, 2.75) is 25.7 Å². The van der Waals surface area contributed by atoms with Crippen molar-refractivity contribution in [3.63, 3.8) is 0 Å². The third-order valence-electron chi connectivity index (χ3n) is 2.56. The van der Waals surface area contributed by atoms with Crippen LogP contribution in [0.15, 0.2) is 24.3 Å². The van der Waals surface area contributed by atoms with E-state index in [1.807, 2.05) is 0 Å². The molecule has 0 atom stereocenters. The van der Waals surface area contributed by atoms with Crippen molar-refractivity contribution in [1.29, 1.82) is 0 Å². The Balaban J connectivity index is 2.28. The largest absolute Gasteiger partial charge is 0.449 e. The lowest BCUT2D eigenvalue weighted by atomic mass is 10.2. The van der Waals surface area contributed by atoms with Crippen molar-refractivity contribution in [1.82, 2.24) is 0 Å². The fourth-order valence-corrected chi connectivity index (χ4v) is 1.76. The highest BCUT2D eigenvalue weighted by atomic mass is 35.5. The second kappa shape index (κ2) is 9.14. The van der Waals surface area contributed by atoms with E-state index in [1.165, 1.54) is 18.2 Å². The average Bonchev–Trinajstić information content (AvgIpc) is 2.43. The Hall–Kier alpha value is -1.82. The van der Waals surface area contributed by atoms with E-state index in [2.05, 4.69) is 5.32 Å². The summed E-state index contributed by atoms with van der Waals surface area (Å²) < 4.78 is 4.97. The third kappa shape index (κ3) is 6.38. The number of anilines is 1. The monoisotopic (exact) mass is 300 g/mol. The van der Waals surface area contributed by atoms with Crippen molar-refractivity contribution in [3.8, 4) is 0 Å². The normalized spacial score (nSPS) is 10.1. The Morgan fingerprint density at radius 2 is 2.05 bits per heavy atom. The molecule has 110 valence electrons.